The zero-order valence-corrected chi connectivity index (χ0v) is 11.8. The largest absolute Gasteiger partial charge is 0.435 e. The molecule has 96 valence electrons. The van der Waals surface area contributed by atoms with Crippen molar-refractivity contribution in [1.82, 2.24) is 10.2 Å². The topological polar surface area (TPSA) is 58.8 Å². The van der Waals surface area contributed by atoms with Crippen LogP contribution in [0.2, 0.25) is 0 Å². The van der Waals surface area contributed by atoms with Crippen molar-refractivity contribution in [3.63, 3.8) is 0 Å². The van der Waals surface area contributed by atoms with Gasteiger partial charge >= 0.3 is 0 Å². The van der Waals surface area contributed by atoms with Crippen molar-refractivity contribution in [2.24, 2.45) is 0 Å². The average Bonchev–Trinajstić information content (AvgIpc) is 2.37. The van der Waals surface area contributed by atoms with E-state index >= 15 is 0 Å². The van der Waals surface area contributed by atoms with Gasteiger partial charge < -0.3 is 4.74 Å². The number of hydrogen-bond acceptors (Lipinski definition) is 4. The highest BCUT2D eigenvalue weighted by Gasteiger charge is 2.14. The Labute approximate surface area is 118 Å². The summed E-state index contributed by atoms with van der Waals surface area (Å²) in [7, 11) is 0. The van der Waals surface area contributed by atoms with Crippen LogP contribution in [0, 0.1) is 31.0 Å². The smallest absolute Gasteiger partial charge is 0.257 e. The first kappa shape index (κ1) is 13.4. The lowest BCUT2D eigenvalue weighted by Gasteiger charge is -2.09. The zero-order chi connectivity index (χ0) is 14.0. The molecule has 0 unspecified atom stereocenters. The highest BCUT2D eigenvalue weighted by molar-refractivity contribution is 9.10. The Hall–Kier alpha value is -2.00. The van der Waals surface area contributed by atoms with Crippen LogP contribution in [-0.4, -0.2) is 10.2 Å². The van der Waals surface area contributed by atoms with Crippen LogP contribution in [0.1, 0.15) is 16.8 Å². The van der Waals surface area contributed by atoms with Gasteiger partial charge in [-0.1, -0.05) is 0 Å². The number of ether oxygens (including phenoxy) is 1. The van der Waals surface area contributed by atoms with E-state index in [2.05, 4.69) is 26.1 Å². The van der Waals surface area contributed by atoms with E-state index in [1.165, 1.54) is 18.2 Å². The van der Waals surface area contributed by atoms with E-state index in [0.717, 1.165) is 0 Å². The maximum atomic E-state index is 13.0. The van der Waals surface area contributed by atoms with Gasteiger partial charge in [0.25, 0.3) is 5.88 Å². The van der Waals surface area contributed by atoms with E-state index < -0.39 is 0 Å². The van der Waals surface area contributed by atoms with Crippen molar-refractivity contribution in [2.45, 2.75) is 13.8 Å². The summed E-state index contributed by atoms with van der Waals surface area (Å²) in [5, 5.41) is 16.9. The fourth-order valence-corrected chi connectivity index (χ4v) is 1.88. The van der Waals surface area contributed by atoms with Crippen molar-refractivity contribution >= 4 is 15.9 Å². The second-order valence-corrected chi connectivity index (χ2v) is 4.73. The first-order valence-corrected chi connectivity index (χ1v) is 6.19. The number of aryl methyl sites for hydroxylation is 1. The predicted octanol–water partition coefficient (Wildman–Crippen LogP) is 3.66. The molecule has 4 nitrogen and oxygen atoms in total. The molecule has 0 aliphatic heterocycles. The molecule has 0 atom stereocenters. The highest BCUT2D eigenvalue weighted by Crippen LogP contribution is 2.31. The number of nitriles is 1. The minimum atomic E-state index is -0.383. The summed E-state index contributed by atoms with van der Waals surface area (Å²) in [5.41, 5.74) is 1.71. The number of nitrogens with zero attached hydrogens (tertiary/aromatic N) is 3. The Bertz CT molecular complexity index is 682. The summed E-state index contributed by atoms with van der Waals surface area (Å²) in [6, 6.07) is 6.03. The van der Waals surface area contributed by atoms with Crippen LogP contribution in [-0.2, 0) is 0 Å². The molecule has 0 spiro atoms. The lowest BCUT2D eigenvalue weighted by molar-refractivity contribution is 0.447. The summed E-state index contributed by atoms with van der Waals surface area (Å²) in [6.07, 6.45) is 0. The molecule has 0 aliphatic rings. The molecule has 2 rings (SSSR count). The van der Waals surface area contributed by atoms with Gasteiger partial charge in [-0.2, -0.15) is 10.4 Å². The van der Waals surface area contributed by atoms with Crippen LogP contribution in [0.15, 0.2) is 22.7 Å². The normalized spacial score (nSPS) is 10.1. The molecule has 0 amide bonds. The maximum Gasteiger partial charge on any atom is 0.257 e. The van der Waals surface area contributed by atoms with E-state index in [-0.39, 0.29) is 11.7 Å². The fraction of sp³-hybridized carbons (Fsp3) is 0.154. The van der Waals surface area contributed by atoms with Gasteiger partial charge in [0.2, 0.25) is 0 Å². The third kappa shape index (κ3) is 2.71. The lowest BCUT2D eigenvalue weighted by atomic mass is 10.1. The quantitative estimate of drug-likeness (QED) is 0.847. The molecule has 0 radical (unpaired) electrons. The summed E-state index contributed by atoms with van der Waals surface area (Å²) < 4.78 is 18.9. The molecule has 0 saturated carbocycles. The van der Waals surface area contributed by atoms with Gasteiger partial charge in [0.15, 0.2) is 0 Å². The molecule has 19 heavy (non-hydrogen) atoms. The third-order valence-electron chi connectivity index (χ3n) is 2.63. The van der Waals surface area contributed by atoms with Gasteiger partial charge in [0.1, 0.15) is 23.2 Å². The maximum absolute atomic E-state index is 13.0. The molecule has 0 N–H and O–H groups in total. The van der Waals surface area contributed by atoms with Crippen molar-refractivity contribution in [1.29, 1.82) is 5.26 Å². The summed E-state index contributed by atoms with van der Waals surface area (Å²) in [5.74, 6) is 0.0965. The SMILES string of the molecule is Cc1nnc(Oc2ccc(F)cc2Br)c(C#N)c1C. The third-order valence-corrected chi connectivity index (χ3v) is 3.25. The Kier molecular flexibility index (Phi) is 3.76. The molecule has 0 saturated heterocycles. The highest BCUT2D eigenvalue weighted by atomic mass is 79.9. The number of benzene rings is 1. The molecule has 2 aromatic rings. The molecule has 1 aromatic heterocycles. The standard InChI is InChI=1S/C13H9BrFN3O/c1-7-8(2)17-18-13(10(7)6-16)19-12-4-3-9(15)5-11(12)14/h3-5H,1-2H3. The molecular weight excluding hydrogens is 313 g/mol. The number of rotatable bonds is 2. The van der Waals surface area contributed by atoms with Crippen molar-refractivity contribution in [3.8, 4) is 17.7 Å². The van der Waals surface area contributed by atoms with Crippen molar-refractivity contribution in [2.75, 3.05) is 0 Å². The Morgan fingerprint density at radius 2 is 2.05 bits per heavy atom. The molecule has 0 aliphatic carbocycles. The molecular formula is C13H9BrFN3O. The van der Waals surface area contributed by atoms with Gasteiger partial charge in [0, 0.05) is 0 Å². The van der Waals surface area contributed by atoms with Crippen LogP contribution in [0.4, 0.5) is 4.39 Å². The first-order chi connectivity index (χ1) is 9.02. The summed E-state index contributed by atoms with van der Waals surface area (Å²) in [6.45, 7) is 3.54. The van der Waals surface area contributed by atoms with Gasteiger partial charge in [-0.25, -0.2) is 4.39 Å². The van der Waals surface area contributed by atoms with E-state index in [1.54, 1.807) is 13.8 Å². The molecule has 6 heteroatoms. The van der Waals surface area contributed by atoms with Gasteiger partial charge in [-0.15, -0.1) is 5.10 Å². The average molecular weight is 322 g/mol. The second kappa shape index (κ2) is 5.33. The van der Waals surface area contributed by atoms with Crippen LogP contribution < -0.4 is 4.74 Å². The fourth-order valence-electron chi connectivity index (χ4n) is 1.45. The molecule has 0 bridgehead atoms. The van der Waals surface area contributed by atoms with Crippen molar-refractivity contribution in [3.05, 3.63) is 45.3 Å². The van der Waals surface area contributed by atoms with Crippen LogP contribution in [0.25, 0.3) is 0 Å². The molecule has 0 fully saturated rings. The summed E-state index contributed by atoms with van der Waals surface area (Å²) in [4.78, 5) is 0. The Morgan fingerprint density at radius 1 is 1.32 bits per heavy atom. The Morgan fingerprint density at radius 3 is 2.68 bits per heavy atom. The van der Waals surface area contributed by atoms with Gasteiger partial charge in [-0.3, -0.25) is 0 Å². The lowest BCUT2D eigenvalue weighted by Crippen LogP contribution is -2.00. The van der Waals surface area contributed by atoms with Crippen LogP contribution in [0.3, 0.4) is 0 Å². The summed E-state index contributed by atoms with van der Waals surface area (Å²) >= 11 is 3.19. The van der Waals surface area contributed by atoms with Crippen LogP contribution >= 0.6 is 15.9 Å². The zero-order valence-electron chi connectivity index (χ0n) is 10.2. The molecule has 1 aromatic carbocycles. The predicted molar refractivity (Wildman–Crippen MR) is 70.4 cm³/mol. The Balaban J connectivity index is 2.44. The van der Waals surface area contributed by atoms with E-state index in [1.807, 2.05) is 6.07 Å². The van der Waals surface area contributed by atoms with Crippen LogP contribution in [0.5, 0.6) is 11.6 Å². The minimum absolute atomic E-state index is 0.109. The van der Waals surface area contributed by atoms with E-state index in [0.29, 0.717) is 27.0 Å². The number of hydrogen-bond donors (Lipinski definition) is 0. The van der Waals surface area contributed by atoms with E-state index in [9.17, 15) is 4.39 Å². The first-order valence-electron chi connectivity index (χ1n) is 5.40. The molecule has 1 heterocycles. The van der Waals surface area contributed by atoms with Gasteiger partial charge in [0.05, 0.1) is 10.2 Å². The number of aromatic nitrogens is 2. The van der Waals surface area contributed by atoms with E-state index in [4.69, 9.17) is 10.00 Å². The second-order valence-electron chi connectivity index (χ2n) is 3.88. The minimum Gasteiger partial charge on any atom is -0.435 e. The number of halogens is 2. The van der Waals surface area contributed by atoms with Crippen molar-refractivity contribution < 1.29 is 9.13 Å². The van der Waals surface area contributed by atoms with Gasteiger partial charge in [-0.05, 0) is 53.5 Å². The monoisotopic (exact) mass is 321 g/mol.